The van der Waals surface area contributed by atoms with E-state index in [0.29, 0.717) is 45.1 Å². The fourth-order valence-electron chi connectivity index (χ4n) is 7.77. The van der Waals surface area contributed by atoms with Crippen molar-refractivity contribution < 1.29 is 43.2 Å². The van der Waals surface area contributed by atoms with E-state index in [2.05, 4.69) is 52.5 Å². The van der Waals surface area contributed by atoms with Gasteiger partial charge in [-0.25, -0.2) is 0 Å². The molecule has 0 aromatic rings. The molecule has 20 N–H and O–H groups in total. The van der Waals surface area contributed by atoms with Gasteiger partial charge in [0.05, 0.1) is 0 Å². The lowest BCUT2D eigenvalue weighted by atomic mass is 9.98. The summed E-state index contributed by atoms with van der Waals surface area (Å²) in [5.74, 6) is -7.01. The summed E-state index contributed by atoms with van der Waals surface area (Å²) in [6, 6.07) is -9.06. The summed E-state index contributed by atoms with van der Waals surface area (Å²) >= 11 is 0. The van der Waals surface area contributed by atoms with Crippen LogP contribution in [-0.4, -0.2) is 133 Å². The first kappa shape index (κ1) is 67.7. The van der Waals surface area contributed by atoms with Crippen molar-refractivity contribution in [2.24, 2.45) is 68.1 Å². The van der Waals surface area contributed by atoms with Crippen LogP contribution in [0.1, 0.15) is 153 Å². The highest BCUT2D eigenvalue weighted by molar-refractivity contribution is 5.98. The first-order valence-electron chi connectivity index (χ1n) is 26.1. The number of hydrogen-bond acceptors (Lipinski definition) is 12. The number of hydrogen-bond donors (Lipinski definition) is 14. The van der Waals surface area contributed by atoms with Crippen molar-refractivity contribution in [2.45, 2.75) is 201 Å². The fraction of sp³-hybridized carbons (Fsp3) is 0.776. The molecule has 0 aromatic carbocycles. The Hall–Kier alpha value is -6.27. The molecule has 0 radical (unpaired) electrons. The van der Waals surface area contributed by atoms with Gasteiger partial charge in [-0.05, 0) is 101 Å². The molecule has 9 amide bonds. The molecule has 25 heteroatoms. The number of nitrogens with zero attached hydrogens (tertiary/aromatic N) is 2. The predicted octanol–water partition coefficient (Wildman–Crippen LogP) is -1.41. The van der Waals surface area contributed by atoms with Crippen LogP contribution in [0.4, 0.5) is 0 Å². The zero-order chi connectivity index (χ0) is 56.7. The molecule has 74 heavy (non-hydrogen) atoms. The molecule has 0 saturated heterocycles. The van der Waals surface area contributed by atoms with Crippen molar-refractivity contribution in [3.8, 4) is 0 Å². The molecule has 25 nitrogen and oxygen atoms in total. The van der Waals surface area contributed by atoms with Crippen molar-refractivity contribution in [2.75, 3.05) is 19.6 Å². The Balaban J connectivity index is 6.75. The van der Waals surface area contributed by atoms with E-state index in [0.717, 1.165) is 0 Å². The highest BCUT2D eigenvalue weighted by atomic mass is 16.2. The van der Waals surface area contributed by atoms with Gasteiger partial charge in [0.1, 0.15) is 48.3 Å². The van der Waals surface area contributed by atoms with Crippen LogP contribution in [0.25, 0.3) is 0 Å². The van der Waals surface area contributed by atoms with E-state index in [9.17, 15) is 43.2 Å². The predicted molar refractivity (Wildman–Crippen MR) is 286 cm³/mol. The number of nitrogens with one attached hydrogen (secondary N) is 8. The third kappa shape index (κ3) is 29.4. The zero-order valence-corrected chi connectivity index (χ0v) is 45.8. The van der Waals surface area contributed by atoms with Gasteiger partial charge in [-0.1, -0.05) is 75.2 Å². The second kappa shape index (κ2) is 36.6. The minimum Gasteiger partial charge on any atom is -0.370 e. The van der Waals surface area contributed by atoms with Gasteiger partial charge in [0.15, 0.2) is 11.9 Å². The molecular formula is C49H94N16O9. The summed E-state index contributed by atoms with van der Waals surface area (Å²) in [6.45, 7) is 18.4. The molecule has 0 fully saturated rings. The Morgan fingerprint density at radius 3 is 1.08 bits per heavy atom. The van der Waals surface area contributed by atoms with Crippen LogP contribution in [0.2, 0.25) is 0 Å². The SMILES string of the molecule is CCCC[C@H](NC(=O)[C@H](CC(C)C)NC(C)=O)C(=O)N[C@@H](CC(C)C)C(=O)N[C@@H](CC(C)C)C(=O)N[C@@H](CCCN=C(N)N)C(=O)N[C@H](C(=O)N[C@@H](CCCCN)C(=O)N[C@@H](CCCN=C(N)N)C(N)=O)C(C)C. The monoisotopic (exact) mass is 1050 g/mol. The average Bonchev–Trinajstić information content (AvgIpc) is 3.29. The van der Waals surface area contributed by atoms with Gasteiger partial charge in [-0.3, -0.25) is 53.1 Å². The Bertz CT molecular complexity index is 1850. The van der Waals surface area contributed by atoms with E-state index in [1.165, 1.54) is 6.92 Å². The van der Waals surface area contributed by atoms with Gasteiger partial charge in [0.25, 0.3) is 0 Å². The molecular weight excluding hydrogens is 957 g/mol. The maximum atomic E-state index is 14.3. The average molecular weight is 1050 g/mol. The van der Waals surface area contributed by atoms with Crippen molar-refractivity contribution in [1.29, 1.82) is 0 Å². The molecule has 0 heterocycles. The Morgan fingerprint density at radius 2 is 0.730 bits per heavy atom. The largest absolute Gasteiger partial charge is 0.370 e. The summed E-state index contributed by atoms with van der Waals surface area (Å²) < 4.78 is 0. The van der Waals surface area contributed by atoms with Crippen LogP contribution in [0.3, 0.4) is 0 Å². The molecule has 0 unspecified atom stereocenters. The Labute approximate surface area is 438 Å². The highest BCUT2D eigenvalue weighted by Gasteiger charge is 2.36. The minimum absolute atomic E-state index is 0.0121. The van der Waals surface area contributed by atoms with Gasteiger partial charge < -0.3 is 76.9 Å². The number of carbonyl (C=O) groups is 9. The maximum Gasteiger partial charge on any atom is 0.243 e. The summed E-state index contributed by atoms with van der Waals surface area (Å²) in [4.78, 5) is 130. The van der Waals surface area contributed by atoms with Gasteiger partial charge in [0, 0.05) is 20.0 Å². The Morgan fingerprint density at radius 1 is 0.405 bits per heavy atom. The van der Waals surface area contributed by atoms with Crippen molar-refractivity contribution in [1.82, 2.24) is 42.5 Å². The van der Waals surface area contributed by atoms with Gasteiger partial charge in [0.2, 0.25) is 53.2 Å². The van der Waals surface area contributed by atoms with E-state index in [4.69, 9.17) is 34.4 Å². The minimum atomic E-state index is -1.29. The standard InChI is InChI=1S/C49H94N16O9/c1-11-12-17-33(60-44(71)36(24-27(2)3)58-31(10)66)42(69)63-38(26-29(6)7)46(73)64-37(25-28(4)5)45(72)61-35(20-16-23-57-49(54)55)43(70)65-39(30(8)9)47(74)62-34(18-13-14-21-50)41(68)59-32(40(51)67)19-15-22-56-48(52)53/h27-30,32-39H,11-26,50H2,1-10H3,(H2,51,67)(H,58,66)(H,59,68)(H,60,71)(H,61,72)(H,62,74)(H,63,69)(H,64,73)(H,65,70)(H4,52,53,56)(H4,54,55,57)/t32-,33-,34-,35-,36-,37-,38-,39-/m0/s1. The highest BCUT2D eigenvalue weighted by Crippen LogP contribution is 2.14. The normalized spacial score (nSPS) is 14.5. The molecule has 0 rings (SSSR count). The molecule has 0 bridgehead atoms. The molecule has 0 aliphatic carbocycles. The van der Waals surface area contributed by atoms with Crippen LogP contribution in [-0.2, 0) is 43.2 Å². The van der Waals surface area contributed by atoms with E-state index in [-0.39, 0.29) is 87.7 Å². The van der Waals surface area contributed by atoms with Crippen LogP contribution < -0.4 is 76.9 Å². The number of nitrogens with two attached hydrogens (primary N) is 6. The number of aliphatic imine (C=N–C) groups is 2. The van der Waals surface area contributed by atoms with Crippen molar-refractivity contribution in [3.63, 3.8) is 0 Å². The number of unbranched alkanes of at least 4 members (excludes halogenated alkanes) is 2. The topological polar surface area (TPSA) is 431 Å². The molecule has 424 valence electrons. The molecule has 0 spiro atoms. The van der Waals surface area contributed by atoms with Crippen molar-refractivity contribution >= 4 is 65.1 Å². The third-order valence-corrected chi connectivity index (χ3v) is 11.6. The van der Waals surface area contributed by atoms with Crippen LogP contribution >= 0.6 is 0 Å². The number of amides is 9. The molecule has 0 aliphatic rings. The molecule has 8 atom stereocenters. The summed E-state index contributed by atoms with van der Waals surface area (Å²) in [6.07, 6.45) is 3.87. The quantitative estimate of drug-likeness (QED) is 0.0192. The summed E-state index contributed by atoms with van der Waals surface area (Å²) in [7, 11) is 0. The first-order chi connectivity index (χ1) is 34.6. The first-order valence-corrected chi connectivity index (χ1v) is 26.1. The third-order valence-electron chi connectivity index (χ3n) is 11.6. The number of primary amides is 1. The second-order valence-electron chi connectivity index (χ2n) is 20.5. The van der Waals surface area contributed by atoms with E-state index < -0.39 is 107 Å². The number of guanidine groups is 2. The molecule has 0 saturated carbocycles. The van der Waals surface area contributed by atoms with Crippen LogP contribution in [0.5, 0.6) is 0 Å². The van der Waals surface area contributed by atoms with Gasteiger partial charge in [-0.2, -0.15) is 0 Å². The lowest BCUT2D eigenvalue weighted by molar-refractivity contribution is -0.136. The van der Waals surface area contributed by atoms with Crippen molar-refractivity contribution in [3.05, 3.63) is 0 Å². The second-order valence-corrected chi connectivity index (χ2v) is 20.5. The number of carbonyl (C=O) groups excluding carboxylic acids is 9. The van der Waals surface area contributed by atoms with E-state index >= 15 is 0 Å². The molecule has 0 aliphatic heterocycles. The lowest BCUT2D eigenvalue weighted by Crippen LogP contribution is -2.61. The van der Waals surface area contributed by atoms with Gasteiger partial charge >= 0.3 is 0 Å². The van der Waals surface area contributed by atoms with Gasteiger partial charge in [-0.15, -0.1) is 0 Å². The van der Waals surface area contributed by atoms with E-state index in [1.807, 2.05) is 48.5 Å². The lowest BCUT2D eigenvalue weighted by Gasteiger charge is -2.29. The zero-order valence-electron chi connectivity index (χ0n) is 45.8. The fourth-order valence-corrected chi connectivity index (χ4v) is 7.77. The van der Waals surface area contributed by atoms with Crippen LogP contribution in [0, 0.1) is 23.7 Å². The van der Waals surface area contributed by atoms with E-state index in [1.54, 1.807) is 13.8 Å². The maximum absolute atomic E-state index is 14.3. The summed E-state index contributed by atoms with van der Waals surface area (Å²) in [5.41, 5.74) is 33.2. The smallest absolute Gasteiger partial charge is 0.243 e. The Kier molecular flexibility index (Phi) is 33.5. The van der Waals surface area contributed by atoms with Crippen LogP contribution in [0.15, 0.2) is 9.98 Å². The summed E-state index contributed by atoms with van der Waals surface area (Å²) in [5, 5.41) is 21.9. The molecule has 0 aromatic heterocycles. The number of rotatable bonds is 38.